The van der Waals surface area contributed by atoms with Crippen LogP contribution < -0.4 is 5.32 Å². The second kappa shape index (κ2) is 5.76. The predicted molar refractivity (Wildman–Crippen MR) is 81.5 cm³/mol. The number of para-hydroxylation sites is 1. The van der Waals surface area contributed by atoms with E-state index in [1.165, 1.54) is 0 Å². The molecule has 1 saturated heterocycles. The largest absolute Gasteiger partial charge is 0.481 e. The van der Waals surface area contributed by atoms with Crippen LogP contribution >= 0.6 is 0 Å². The van der Waals surface area contributed by atoms with E-state index < -0.39 is 11.9 Å². The van der Waals surface area contributed by atoms with Crippen LogP contribution in [-0.2, 0) is 10.2 Å². The molecule has 1 aliphatic rings. The summed E-state index contributed by atoms with van der Waals surface area (Å²) in [4.78, 5) is 24.8. The van der Waals surface area contributed by atoms with Crippen LogP contribution in [-0.4, -0.2) is 35.1 Å². The number of hydrogen-bond donors (Lipinski definition) is 2. The Morgan fingerprint density at radius 2 is 1.95 bits per heavy atom. The van der Waals surface area contributed by atoms with Crippen molar-refractivity contribution in [1.29, 1.82) is 0 Å². The molecule has 2 amide bonds. The lowest BCUT2D eigenvalue weighted by Gasteiger charge is -2.24. The molecule has 1 heterocycles. The molecular weight excluding hydrogens is 268 g/mol. The molecule has 1 unspecified atom stereocenters. The number of likely N-dealkylation sites (tertiary alicyclic amines) is 1. The van der Waals surface area contributed by atoms with Gasteiger partial charge in [0.15, 0.2) is 0 Å². The van der Waals surface area contributed by atoms with Crippen molar-refractivity contribution in [1.82, 2.24) is 4.90 Å². The highest BCUT2D eigenvalue weighted by atomic mass is 16.4. The number of hydrogen-bond acceptors (Lipinski definition) is 2. The van der Waals surface area contributed by atoms with Gasteiger partial charge in [0, 0.05) is 18.8 Å². The van der Waals surface area contributed by atoms with Crippen LogP contribution in [0.4, 0.5) is 10.5 Å². The van der Waals surface area contributed by atoms with E-state index in [9.17, 15) is 9.59 Å². The van der Waals surface area contributed by atoms with Crippen LogP contribution in [0.3, 0.4) is 0 Å². The van der Waals surface area contributed by atoms with Gasteiger partial charge in [0.25, 0.3) is 0 Å². The molecule has 0 radical (unpaired) electrons. The molecule has 1 aromatic rings. The average Bonchev–Trinajstić information content (AvgIpc) is 2.88. The summed E-state index contributed by atoms with van der Waals surface area (Å²) < 4.78 is 0. The Morgan fingerprint density at radius 3 is 2.52 bits per heavy atom. The summed E-state index contributed by atoms with van der Waals surface area (Å²) in [5.41, 5.74) is 1.78. The summed E-state index contributed by atoms with van der Waals surface area (Å²) >= 11 is 0. The molecule has 1 atom stereocenters. The quantitative estimate of drug-likeness (QED) is 0.880. The van der Waals surface area contributed by atoms with E-state index in [0.717, 1.165) is 11.3 Å². The van der Waals surface area contributed by atoms with Crippen molar-refractivity contribution in [2.24, 2.45) is 5.92 Å². The van der Waals surface area contributed by atoms with Gasteiger partial charge in [-0.15, -0.1) is 0 Å². The number of nitrogens with zero attached hydrogens (tertiary/aromatic N) is 1. The number of carbonyl (C=O) groups excluding carboxylic acids is 1. The van der Waals surface area contributed by atoms with Crippen molar-refractivity contribution >= 4 is 17.7 Å². The molecule has 1 aliphatic heterocycles. The third-order valence-electron chi connectivity index (χ3n) is 3.80. The Balaban J connectivity index is 2.09. The fraction of sp³-hybridized carbons (Fsp3) is 0.500. The highest BCUT2D eigenvalue weighted by Crippen LogP contribution is 2.29. The van der Waals surface area contributed by atoms with Crippen LogP contribution in [0.25, 0.3) is 0 Å². The number of carboxylic acid groups (broad SMARTS) is 1. The number of carboxylic acids is 1. The summed E-state index contributed by atoms with van der Waals surface area (Å²) in [5, 5.41) is 11.9. The SMILES string of the molecule is CC(C)(C)c1ccccc1NC(=O)N1CCC(C(=O)O)C1. The highest BCUT2D eigenvalue weighted by molar-refractivity contribution is 5.91. The summed E-state index contributed by atoms with van der Waals surface area (Å²) in [7, 11) is 0. The Morgan fingerprint density at radius 1 is 1.29 bits per heavy atom. The molecule has 0 bridgehead atoms. The molecule has 0 spiro atoms. The number of aliphatic carboxylic acids is 1. The van der Waals surface area contributed by atoms with Crippen molar-refractivity contribution in [3.8, 4) is 0 Å². The maximum atomic E-state index is 12.3. The number of benzene rings is 1. The minimum absolute atomic E-state index is 0.0709. The van der Waals surface area contributed by atoms with Crippen molar-refractivity contribution in [2.45, 2.75) is 32.6 Å². The van der Waals surface area contributed by atoms with Gasteiger partial charge in [-0.3, -0.25) is 4.79 Å². The molecule has 1 aromatic carbocycles. The van der Waals surface area contributed by atoms with Gasteiger partial charge in [-0.05, 0) is 23.5 Å². The third kappa shape index (κ3) is 3.54. The molecule has 2 rings (SSSR count). The fourth-order valence-corrected chi connectivity index (χ4v) is 2.59. The smallest absolute Gasteiger partial charge is 0.321 e. The Labute approximate surface area is 125 Å². The number of anilines is 1. The van der Waals surface area contributed by atoms with Gasteiger partial charge < -0.3 is 15.3 Å². The first-order chi connectivity index (χ1) is 9.79. The first-order valence-electron chi connectivity index (χ1n) is 7.17. The van der Waals surface area contributed by atoms with E-state index in [4.69, 9.17) is 5.11 Å². The number of amides is 2. The van der Waals surface area contributed by atoms with Gasteiger partial charge in [-0.1, -0.05) is 39.0 Å². The third-order valence-corrected chi connectivity index (χ3v) is 3.80. The second-order valence-electron chi connectivity index (χ2n) is 6.50. The number of urea groups is 1. The van der Waals surface area contributed by atoms with E-state index in [-0.39, 0.29) is 18.0 Å². The zero-order chi connectivity index (χ0) is 15.6. The van der Waals surface area contributed by atoms with E-state index in [0.29, 0.717) is 13.0 Å². The van der Waals surface area contributed by atoms with Gasteiger partial charge in [0.1, 0.15) is 0 Å². The summed E-state index contributed by atoms with van der Waals surface area (Å²) in [5.74, 6) is -1.28. The van der Waals surface area contributed by atoms with Gasteiger partial charge in [0.2, 0.25) is 0 Å². The zero-order valence-corrected chi connectivity index (χ0v) is 12.7. The van der Waals surface area contributed by atoms with Gasteiger partial charge in [-0.25, -0.2) is 4.79 Å². The average molecular weight is 290 g/mol. The fourth-order valence-electron chi connectivity index (χ4n) is 2.59. The molecular formula is C16H22N2O3. The summed E-state index contributed by atoms with van der Waals surface area (Å²) in [6.45, 7) is 7.04. The molecule has 0 saturated carbocycles. The van der Waals surface area contributed by atoms with E-state index in [1.54, 1.807) is 4.90 Å². The normalized spacial score (nSPS) is 18.6. The number of nitrogens with one attached hydrogen (secondary N) is 1. The van der Waals surface area contributed by atoms with Crippen LogP contribution in [0.2, 0.25) is 0 Å². The van der Waals surface area contributed by atoms with Crippen LogP contribution in [0.5, 0.6) is 0 Å². The molecule has 114 valence electrons. The lowest BCUT2D eigenvalue weighted by atomic mass is 9.86. The predicted octanol–water partition coefficient (Wildman–Crippen LogP) is 2.92. The molecule has 0 aromatic heterocycles. The lowest BCUT2D eigenvalue weighted by molar-refractivity contribution is -0.141. The Hall–Kier alpha value is -2.04. The second-order valence-corrected chi connectivity index (χ2v) is 6.50. The van der Waals surface area contributed by atoms with Crippen LogP contribution in [0, 0.1) is 5.92 Å². The topological polar surface area (TPSA) is 69.6 Å². The van der Waals surface area contributed by atoms with Crippen molar-refractivity contribution in [3.63, 3.8) is 0 Å². The molecule has 5 nitrogen and oxygen atoms in total. The van der Waals surface area contributed by atoms with Crippen LogP contribution in [0.15, 0.2) is 24.3 Å². The Kier molecular flexibility index (Phi) is 4.21. The summed E-state index contributed by atoms with van der Waals surface area (Å²) in [6.07, 6.45) is 0.518. The monoisotopic (exact) mass is 290 g/mol. The zero-order valence-electron chi connectivity index (χ0n) is 12.7. The first-order valence-corrected chi connectivity index (χ1v) is 7.17. The first kappa shape index (κ1) is 15.4. The Bertz CT molecular complexity index is 549. The minimum atomic E-state index is -0.833. The lowest BCUT2D eigenvalue weighted by Crippen LogP contribution is -2.34. The van der Waals surface area contributed by atoms with E-state index in [2.05, 4.69) is 26.1 Å². The van der Waals surface area contributed by atoms with Crippen molar-refractivity contribution < 1.29 is 14.7 Å². The maximum absolute atomic E-state index is 12.3. The maximum Gasteiger partial charge on any atom is 0.321 e. The molecule has 0 aliphatic carbocycles. The van der Waals surface area contributed by atoms with Gasteiger partial charge in [0.05, 0.1) is 5.92 Å². The summed E-state index contributed by atoms with van der Waals surface area (Å²) in [6, 6.07) is 7.49. The van der Waals surface area contributed by atoms with E-state index >= 15 is 0 Å². The standard InChI is InChI=1S/C16H22N2O3/c1-16(2,3)12-6-4-5-7-13(12)17-15(21)18-9-8-11(10-18)14(19)20/h4-7,11H,8-10H2,1-3H3,(H,17,21)(H,19,20). The minimum Gasteiger partial charge on any atom is -0.481 e. The number of carbonyl (C=O) groups is 2. The van der Waals surface area contributed by atoms with E-state index in [1.807, 2.05) is 24.3 Å². The highest BCUT2D eigenvalue weighted by Gasteiger charge is 2.31. The number of rotatable bonds is 2. The van der Waals surface area contributed by atoms with Crippen LogP contribution in [0.1, 0.15) is 32.8 Å². The molecule has 1 fully saturated rings. The molecule has 21 heavy (non-hydrogen) atoms. The molecule has 2 N–H and O–H groups in total. The van der Waals surface area contributed by atoms with Crippen molar-refractivity contribution in [2.75, 3.05) is 18.4 Å². The van der Waals surface area contributed by atoms with Gasteiger partial charge in [-0.2, -0.15) is 0 Å². The van der Waals surface area contributed by atoms with Crippen molar-refractivity contribution in [3.05, 3.63) is 29.8 Å². The van der Waals surface area contributed by atoms with Gasteiger partial charge >= 0.3 is 12.0 Å². The molecule has 5 heteroatoms.